The quantitative estimate of drug-likeness (QED) is 0.942. The topological polar surface area (TPSA) is 64.9 Å². The molecule has 122 valence electrons. The summed E-state index contributed by atoms with van der Waals surface area (Å²) in [6.45, 7) is 2.86. The zero-order valence-corrected chi connectivity index (χ0v) is 13.7. The van der Waals surface area contributed by atoms with Crippen LogP contribution < -0.4 is 5.32 Å². The van der Waals surface area contributed by atoms with Gasteiger partial charge in [-0.25, -0.2) is 9.97 Å². The molecule has 1 aliphatic carbocycles. The third-order valence-electron chi connectivity index (χ3n) is 5.12. The molecule has 1 saturated heterocycles. The number of rotatable bonds is 3. The molecule has 2 aromatic rings. The molecule has 6 heteroatoms. The van der Waals surface area contributed by atoms with E-state index in [1.54, 1.807) is 6.33 Å². The van der Waals surface area contributed by atoms with Gasteiger partial charge in [0.05, 0.1) is 12.2 Å². The molecule has 0 amide bonds. The molecule has 3 heterocycles. The first-order chi connectivity index (χ1) is 11.2. The largest absolute Gasteiger partial charge is 0.371 e. The molecule has 1 fully saturated rings. The third kappa shape index (κ3) is 2.61. The Morgan fingerprint density at radius 1 is 1.26 bits per heavy atom. The Labute approximate surface area is 136 Å². The van der Waals surface area contributed by atoms with E-state index in [1.807, 2.05) is 17.9 Å². The highest BCUT2D eigenvalue weighted by molar-refractivity contribution is 5.48. The van der Waals surface area contributed by atoms with Gasteiger partial charge in [-0.3, -0.25) is 4.68 Å². The van der Waals surface area contributed by atoms with Crippen LogP contribution in [0, 0.1) is 6.92 Å². The van der Waals surface area contributed by atoms with Crippen molar-refractivity contribution in [3.8, 4) is 0 Å². The summed E-state index contributed by atoms with van der Waals surface area (Å²) in [5.41, 5.74) is 4.84. The number of nitrogens with one attached hydrogen (secondary N) is 1. The maximum Gasteiger partial charge on any atom is 0.133 e. The Hall–Kier alpha value is -1.95. The van der Waals surface area contributed by atoms with E-state index in [0.29, 0.717) is 0 Å². The van der Waals surface area contributed by atoms with Gasteiger partial charge in [0, 0.05) is 36.2 Å². The van der Waals surface area contributed by atoms with Crippen molar-refractivity contribution in [2.45, 2.75) is 51.2 Å². The highest BCUT2D eigenvalue weighted by Gasteiger charge is 2.33. The lowest BCUT2D eigenvalue weighted by molar-refractivity contribution is 0.107. The molecule has 2 aromatic heterocycles. The number of fused-ring (bicyclic) bond motifs is 1. The zero-order chi connectivity index (χ0) is 15.8. The van der Waals surface area contributed by atoms with Gasteiger partial charge in [-0.2, -0.15) is 5.10 Å². The van der Waals surface area contributed by atoms with Crippen LogP contribution in [0.5, 0.6) is 0 Å². The highest BCUT2D eigenvalue weighted by Crippen LogP contribution is 2.34. The lowest BCUT2D eigenvalue weighted by Crippen LogP contribution is -2.25. The van der Waals surface area contributed by atoms with Crippen LogP contribution >= 0.6 is 0 Å². The maximum atomic E-state index is 6.00. The first kappa shape index (κ1) is 14.6. The lowest BCUT2D eigenvalue weighted by atomic mass is 9.96. The minimum Gasteiger partial charge on any atom is -0.371 e. The molecule has 1 N–H and O–H groups in total. The Kier molecular flexibility index (Phi) is 3.77. The SMILES string of the molecule is Cc1c([C@H]2OCC[C@@H]2Nc2ncnc3c2CCCC3)cnn1C. The summed E-state index contributed by atoms with van der Waals surface area (Å²) in [5, 5.41) is 8.00. The van der Waals surface area contributed by atoms with E-state index >= 15 is 0 Å². The molecule has 0 bridgehead atoms. The molecular weight excluding hydrogens is 290 g/mol. The van der Waals surface area contributed by atoms with Gasteiger partial charge in [-0.05, 0) is 39.0 Å². The molecule has 2 atom stereocenters. The molecule has 6 nitrogen and oxygen atoms in total. The predicted octanol–water partition coefficient (Wildman–Crippen LogP) is 2.34. The van der Waals surface area contributed by atoms with E-state index in [4.69, 9.17) is 4.74 Å². The first-order valence-corrected chi connectivity index (χ1v) is 8.43. The summed E-state index contributed by atoms with van der Waals surface area (Å²) in [6.07, 6.45) is 9.23. The van der Waals surface area contributed by atoms with Crippen molar-refractivity contribution in [2.24, 2.45) is 7.05 Å². The Morgan fingerprint density at radius 2 is 2.13 bits per heavy atom. The molecule has 0 unspecified atom stereocenters. The van der Waals surface area contributed by atoms with Gasteiger partial charge >= 0.3 is 0 Å². The number of anilines is 1. The summed E-state index contributed by atoms with van der Waals surface area (Å²) in [6, 6.07) is 0.235. The van der Waals surface area contributed by atoms with Gasteiger partial charge in [0.15, 0.2) is 0 Å². The summed E-state index contributed by atoms with van der Waals surface area (Å²) in [4.78, 5) is 8.97. The van der Waals surface area contributed by atoms with Gasteiger partial charge in [0.25, 0.3) is 0 Å². The predicted molar refractivity (Wildman–Crippen MR) is 87.3 cm³/mol. The van der Waals surface area contributed by atoms with E-state index in [0.717, 1.165) is 37.4 Å². The lowest BCUT2D eigenvalue weighted by Gasteiger charge is -2.24. The smallest absolute Gasteiger partial charge is 0.133 e. The number of aromatic nitrogens is 4. The van der Waals surface area contributed by atoms with Crippen molar-refractivity contribution >= 4 is 5.82 Å². The van der Waals surface area contributed by atoms with Crippen molar-refractivity contribution in [1.29, 1.82) is 0 Å². The van der Waals surface area contributed by atoms with Gasteiger partial charge in [-0.15, -0.1) is 0 Å². The van der Waals surface area contributed by atoms with Crippen molar-refractivity contribution in [3.63, 3.8) is 0 Å². The van der Waals surface area contributed by atoms with Crippen LogP contribution in [-0.2, 0) is 24.6 Å². The van der Waals surface area contributed by atoms with Gasteiger partial charge in [0.1, 0.15) is 18.2 Å². The van der Waals surface area contributed by atoms with Crippen LogP contribution in [0.15, 0.2) is 12.5 Å². The van der Waals surface area contributed by atoms with Crippen molar-refractivity contribution in [1.82, 2.24) is 19.7 Å². The monoisotopic (exact) mass is 313 g/mol. The molecule has 2 aliphatic rings. The molecule has 0 saturated carbocycles. The van der Waals surface area contributed by atoms with Crippen LogP contribution in [0.25, 0.3) is 0 Å². The standard InChI is InChI=1S/C17H23N5O/c1-11-13(9-20-22(11)2)16-15(7-8-23-16)21-17-12-5-3-4-6-14(12)18-10-19-17/h9-10,15-16H,3-8H2,1-2H3,(H,18,19,21)/t15-,16+/m0/s1. The van der Waals surface area contributed by atoms with E-state index in [2.05, 4.69) is 27.3 Å². The maximum absolute atomic E-state index is 6.00. The van der Waals surface area contributed by atoms with Crippen molar-refractivity contribution in [2.75, 3.05) is 11.9 Å². The van der Waals surface area contributed by atoms with E-state index in [9.17, 15) is 0 Å². The van der Waals surface area contributed by atoms with E-state index in [1.165, 1.54) is 29.7 Å². The van der Waals surface area contributed by atoms with E-state index < -0.39 is 0 Å². The second-order valence-electron chi connectivity index (χ2n) is 6.49. The minimum atomic E-state index is 0.0397. The number of hydrogen-bond donors (Lipinski definition) is 1. The fourth-order valence-electron chi connectivity index (χ4n) is 3.66. The van der Waals surface area contributed by atoms with E-state index in [-0.39, 0.29) is 12.1 Å². The highest BCUT2D eigenvalue weighted by atomic mass is 16.5. The van der Waals surface area contributed by atoms with Crippen LogP contribution in [0.4, 0.5) is 5.82 Å². The Morgan fingerprint density at radius 3 is 2.96 bits per heavy atom. The number of aryl methyl sites for hydroxylation is 2. The molecule has 0 spiro atoms. The average molecular weight is 313 g/mol. The van der Waals surface area contributed by atoms with Gasteiger partial charge < -0.3 is 10.1 Å². The average Bonchev–Trinajstić information content (AvgIpc) is 3.15. The third-order valence-corrected chi connectivity index (χ3v) is 5.12. The number of ether oxygens (including phenoxy) is 1. The molecule has 4 rings (SSSR count). The summed E-state index contributed by atoms with van der Waals surface area (Å²) in [5.74, 6) is 0.997. The van der Waals surface area contributed by atoms with Crippen molar-refractivity contribution in [3.05, 3.63) is 35.0 Å². The second-order valence-corrected chi connectivity index (χ2v) is 6.49. The van der Waals surface area contributed by atoms with Crippen molar-refractivity contribution < 1.29 is 4.74 Å². The zero-order valence-electron chi connectivity index (χ0n) is 13.7. The minimum absolute atomic E-state index is 0.0397. The second kappa shape index (κ2) is 5.92. The Bertz CT molecular complexity index is 711. The fraction of sp³-hybridized carbons (Fsp3) is 0.588. The number of nitrogens with zero attached hydrogens (tertiary/aromatic N) is 4. The molecule has 23 heavy (non-hydrogen) atoms. The molecule has 0 aromatic carbocycles. The van der Waals surface area contributed by atoms with Gasteiger partial charge in [0.2, 0.25) is 0 Å². The summed E-state index contributed by atoms with van der Waals surface area (Å²) in [7, 11) is 1.97. The molecule has 1 aliphatic heterocycles. The van der Waals surface area contributed by atoms with Crippen LogP contribution in [0.3, 0.4) is 0 Å². The molecule has 0 radical (unpaired) electrons. The number of hydrogen-bond acceptors (Lipinski definition) is 5. The fourth-order valence-corrected chi connectivity index (χ4v) is 3.66. The summed E-state index contributed by atoms with van der Waals surface area (Å²) >= 11 is 0. The van der Waals surface area contributed by atoms with Crippen LogP contribution in [0.2, 0.25) is 0 Å². The van der Waals surface area contributed by atoms with Gasteiger partial charge in [-0.1, -0.05) is 0 Å². The first-order valence-electron chi connectivity index (χ1n) is 8.43. The normalized spacial score (nSPS) is 23.7. The van der Waals surface area contributed by atoms with Crippen LogP contribution in [0.1, 0.15) is 47.9 Å². The molecular formula is C17H23N5O. The van der Waals surface area contributed by atoms with Crippen LogP contribution in [-0.4, -0.2) is 32.4 Å². The summed E-state index contributed by atoms with van der Waals surface area (Å²) < 4.78 is 7.91. The Balaban J connectivity index is 1.60.